The highest BCUT2D eigenvalue weighted by atomic mass is 19.1. The van der Waals surface area contributed by atoms with Gasteiger partial charge in [-0.15, -0.1) is 0 Å². The van der Waals surface area contributed by atoms with Gasteiger partial charge in [-0.1, -0.05) is 24.3 Å². The Hall–Kier alpha value is -2.84. The number of hydrogen-bond donors (Lipinski definition) is 1. The van der Waals surface area contributed by atoms with Gasteiger partial charge in [0.05, 0.1) is 6.54 Å². The quantitative estimate of drug-likeness (QED) is 0.609. The van der Waals surface area contributed by atoms with Crippen molar-refractivity contribution in [1.82, 2.24) is 15.1 Å². The number of nitrogens with zero attached hydrogens (tertiary/aromatic N) is 2. The molecule has 2 aliphatic rings. The van der Waals surface area contributed by atoms with Gasteiger partial charge >= 0.3 is 0 Å². The van der Waals surface area contributed by atoms with Crippen molar-refractivity contribution in [3.63, 3.8) is 0 Å². The fourth-order valence-corrected chi connectivity index (χ4v) is 5.23. The normalized spacial score (nSPS) is 21.9. The van der Waals surface area contributed by atoms with E-state index in [2.05, 4.69) is 10.2 Å². The number of rotatable bonds is 9. The minimum Gasteiger partial charge on any atom is -0.375 e. The van der Waals surface area contributed by atoms with Crippen LogP contribution in [0.2, 0.25) is 0 Å². The Balaban J connectivity index is 1.37. The lowest BCUT2D eigenvalue weighted by Gasteiger charge is -2.40. The number of carbonyl (C=O) groups is 2. The van der Waals surface area contributed by atoms with Crippen molar-refractivity contribution in [2.45, 2.75) is 50.4 Å². The molecular formula is C26H31F2N3O3. The number of nitrogens with one attached hydrogen (secondary N) is 1. The minimum absolute atomic E-state index is 0.0540. The molecule has 182 valence electrons. The van der Waals surface area contributed by atoms with E-state index in [4.69, 9.17) is 4.74 Å². The zero-order chi connectivity index (χ0) is 24.1. The molecule has 4 rings (SSSR count). The number of halogens is 2. The molecule has 2 unspecified atom stereocenters. The molecule has 2 bridgehead atoms. The highest BCUT2D eigenvalue weighted by Gasteiger charge is 2.41. The van der Waals surface area contributed by atoms with Crippen LogP contribution in [0.4, 0.5) is 8.78 Å². The maximum atomic E-state index is 14.2. The first-order valence-electron chi connectivity index (χ1n) is 11.8. The average molecular weight is 472 g/mol. The van der Waals surface area contributed by atoms with Gasteiger partial charge in [-0.2, -0.15) is 0 Å². The van der Waals surface area contributed by atoms with E-state index < -0.39 is 11.6 Å². The van der Waals surface area contributed by atoms with Crippen LogP contribution in [0, 0.1) is 11.6 Å². The first-order chi connectivity index (χ1) is 16.5. The molecule has 0 radical (unpaired) electrons. The SMILES string of the molecule is COCC(=O)N(CCN1C2CCC1CC(NC(=O)c1ccccc1)C2)Cc1c(F)cccc1F. The van der Waals surface area contributed by atoms with Crippen molar-refractivity contribution < 1.29 is 23.1 Å². The molecule has 2 aromatic rings. The predicted octanol–water partition coefficient (Wildman–Crippen LogP) is 3.37. The number of methoxy groups -OCH3 is 1. The number of carbonyl (C=O) groups excluding carboxylic acids is 2. The zero-order valence-corrected chi connectivity index (χ0v) is 19.4. The van der Waals surface area contributed by atoms with E-state index in [0.717, 1.165) is 25.7 Å². The fraction of sp³-hybridized carbons (Fsp3) is 0.462. The molecule has 0 aliphatic carbocycles. The summed E-state index contributed by atoms with van der Waals surface area (Å²) < 4.78 is 33.4. The lowest BCUT2D eigenvalue weighted by Crippen LogP contribution is -2.52. The zero-order valence-electron chi connectivity index (χ0n) is 19.4. The summed E-state index contributed by atoms with van der Waals surface area (Å²) >= 11 is 0. The van der Waals surface area contributed by atoms with Crippen LogP contribution in [0.5, 0.6) is 0 Å². The molecule has 1 N–H and O–H groups in total. The van der Waals surface area contributed by atoms with Crippen molar-refractivity contribution in [2.75, 3.05) is 26.8 Å². The van der Waals surface area contributed by atoms with Crippen molar-refractivity contribution in [3.05, 3.63) is 71.3 Å². The van der Waals surface area contributed by atoms with Crippen molar-refractivity contribution in [2.24, 2.45) is 0 Å². The number of benzene rings is 2. The Morgan fingerprint density at radius 2 is 1.68 bits per heavy atom. The summed E-state index contributed by atoms with van der Waals surface area (Å²) in [5.41, 5.74) is 0.544. The Labute approximate surface area is 198 Å². The van der Waals surface area contributed by atoms with E-state index in [-0.39, 0.29) is 36.6 Å². The Kier molecular flexibility index (Phi) is 7.90. The van der Waals surface area contributed by atoms with Crippen LogP contribution in [0.1, 0.15) is 41.6 Å². The molecule has 2 saturated heterocycles. The van der Waals surface area contributed by atoms with Crippen LogP contribution < -0.4 is 5.32 Å². The first kappa shape index (κ1) is 24.3. The smallest absolute Gasteiger partial charge is 0.251 e. The molecule has 2 atom stereocenters. The first-order valence-corrected chi connectivity index (χ1v) is 11.8. The molecule has 2 heterocycles. The van der Waals surface area contributed by atoms with Gasteiger partial charge in [-0.05, 0) is 49.9 Å². The van der Waals surface area contributed by atoms with Gasteiger partial charge in [-0.25, -0.2) is 8.78 Å². The molecule has 2 fully saturated rings. The van der Waals surface area contributed by atoms with Crippen LogP contribution in [-0.4, -0.2) is 66.5 Å². The predicted molar refractivity (Wildman–Crippen MR) is 124 cm³/mol. The van der Waals surface area contributed by atoms with Crippen LogP contribution in [0.15, 0.2) is 48.5 Å². The number of piperidine rings is 1. The molecule has 8 heteroatoms. The molecule has 0 aromatic heterocycles. The summed E-state index contributed by atoms with van der Waals surface area (Å²) in [5.74, 6) is -1.68. The van der Waals surface area contributed by atoms with Crippen LogP contribution in [0.25, 0.3) is 0 Å². The molecule has 2 aromatic carbocycles. The molecule has 6 nitrogen and oxygen atoms in total. The third-order valence-corrected chi connectivity index (χ3v) is 6.91. The van der Waals surface area contributed by atoms with Gasteiger partial charge in [0.2, 0.25) is 5.91 Å². The monoisotopic (exact) mass is 471 g/mol. The summed E-state index contributed by atoms with van der Waals surface area (Å²) in [7, 11) is 1.43. The summed E-state index contributed by atoms with van der Waals surface area (Å²) in [6.07, 6.45) is 3.78. The minimum atomic E-state index is -0.662. The van der Waals surface area contributed by atoms with Crippen molar-refractivity contribution in [1.29, 1.82) is 0 Å². The molecule has 34 heavy (non-hydrogen) atoms. The average Bonchev–Trinajstić information content (AvgIpc) is 3.06. The second-order valence-electron chi connectivity index (χ2n) is 9.08. The molecule has 2 amide bonds. The van der Waals surface area contributed by atoms with Gasteiger partial charge in [-0.3, -0.25) is 14.5 Å². The lowest BCUT2D eigenvalue weighted by atomic mass is 9.97. The molecule has 2 aliphatic heterocycles. The highest BCUT2D eigenvalue weighted by molar-refractivity contribution is 5.94. The third-order valence-electron chi connectivity index (χ3n) is 6.91. The van der Waals surface area contributed by atoms with E-state index in [1.165, 1.54) is 30.2 Å². The van der Waals surface area contributed by atoms with Crippen LogP contribution in [0.3, 0.4) is 0 Å². The second-order valence-corrected chi connectivity index (χ2v) is 9.08. The standard InChI is InChI=1S/C26H31F2N3O3/c1-34-17-25(32)30(16-22-23(27)8-5-9-24(22)28)12-13-31-20-10-11-21(31)15-19(14-20)29-26(33)18-6-3-2-4-7-18/h2-9,19-21H,10-17H2,1H3,(H,29,33). The van der Waals surface area contributed by atoms with E-state index in [9.17, 15) is 18.4 Å². The number of amides is 2. The highest BCUT2D eigenvalue weighted by Crippen LogP contribution is 2.35. The molecule has 0 saturated carbocycles. The maximum Gasteiger partial charge on any atom is 0.251 e. The summed E-state index contributed by atoms with van der Waals surface area (Å²) in [6.45, 7) is 0.681. The topological polar surface area (TPSA) is 61.9 Å². The largest absolute Gasteiger partial charge is 0.375 e. The second kappa shape index (κ2) is 11.1. The lowest BCUT2D eigenvalue weighted by molar-refractivity contribution is -0.136. The van der Waals surface area contributed by atoms with Crippen LogP contribution >= 0.6 is 0 Å². The molecular weight excluding hydrogens is 440 g/mol. The number of hydrogen-bond acceptors (Lipinski definition) is 4. The Bertz CT molecular complexity index is 970. The summed E-state index contributed by atoms with van der Waals surface area (Å²) in [5, 5.41) is 3.17. The van der Waals surface area contributed by atoms with Gasteiger partial charge in [0.25, 0.3) is 5.91 Å². The van der Waals surface area contributed by atoms with Gasteiger partial charge in [0.1, 0.15) is 18.2 Å². The van der Waals surface area contributed by atoms with Crippen molar-refractivity contribution >= 4 is 11.8 Å². The third kappa shape index (κ3) is 5.62. The summed E-state index contributed by atoms with van der Waals surface area (Å²) in [6, 6.07) is 13.7. The van der Waals surface area contributed by atoms with Crippen LogP contribution in [-0.2, 0) is 16.1 Å². The molecule has 0 spiro atoms. The van der Waals surface area contributed by atoms with E-state index in [1.54, 1.807) is 0 Å². The fourth-order valence-electron chi connectivity index (χ4n) is 5.23. The van der Waals surface area contributed by atoms with E-state index in [0.29, 0.717) is 30.7 Å². The Morgan fingerprint density at radius 3 is 2.29 bits per heavy atom. The Morgan fingerprint density at radius 1 is 1.03 bits per heavy atom. The van der Waals surface area contributed by atoms with Gasteiger partial charge < -0.3 is 15.0 Å². The maximum absolute atomic E-state index is 14.2. The van der Waals surface area contributed by atoms with Gasteiger partial charge in [0.15, 0.2) is 0 Å². The summed E-state index contributed by atoms with van der Waals surface area (Å²) in [4.78, 5) is 29.0. The van der Waals surface area contributed by atoms with Gasteiger partial charge in [0, 0.05) is 49.5 Å². The van der Waals surface area contributed by atoms with Crippen molar-refractivity contribution in [3.8, 4) is 0 Å². The van der Waals surface area contributed by atoms with E-state index in [1.807, 2.05) is 30.3 Å². The number of fused-ring (bicyclic) bond motifs is 2. The van der Waals surface area contributed by atoms with E-state index >= 15 is 0 Å². The number of ether oxygens (including phenoxy) is 1.